The molecule has 0 spiro atoms. The monoisotopic (exact) mass is 343 g/mol. The highest BCUT2D eigenvalue weighted by Crippen LogP contribution is 2.37. The van der Waals surface area contributed by atoms with Crippen LogP contribution in [0.25, 0.3) is 10.4 Å². The minimum Gasteiger partial charge on any atom is -0.486 e. The van der Waals surface area contributed by atoms with Crippen LogP contribution in [0.4, 0.5) is 0 Å². The molecule has 4 rings (SSSR count). The van der Waals surface area contributed by atoms with E-state index in [0.29, 0.717) is 13.2 Å². The number of ether oxygens (including phenoxy) is 2. The summed E-state index contributed by atoms with van der Waals surface area (Å²) in [6.45, 7) is 5.18. The van der Waals surface area contributed by atoms with Crippen molar-refractivity contribution in [2.75, 3.05) is 26.3 Å². The molecule has 0 atom stereocenters. The van der Waals surface area contributed by atoms with Gasteiger partial charge in [-0.2, -0.15) is 0 Å². The summed E-state index contributed by atoms with van der Waals surface area (Å²) >= 11 is 1.55. The number of hydrogen-bond donors (Lipinski definition) is 0. The maximum Gasteiger partial charge on any atom is 0.263 e. The molecule has 0 saturated carbocycles. The van der Waals surface area contributed by atoms with Gasteiger partial charge in [0.15, 0.2) is 11.5 Å². The molecule has 2 aliphatic rings. The fourth-order valence-electron chi connectivity index (χ4n) is 3.17. The van der Waals surface area contributed by atoms with Crippen molar-refractivity contribution in [1.29, 1.82) is 0 Å². The van der Waals surface area contributed by atoms with Crippen LogP contribution in [0.5, 0.6) is 11.5 Å². The van der Waals surface area contributed by atoms with Crippen molar-refractivity contribution in [2.45, 2.75) is 19.8 Å². The van der Waals surface area contributed by atoms with E-state index in [1.165, 1.54) is 0 Å². The van der Waals surface area contributed by atoms with Crippen molar-refractivity contribution in [1.82, 2.24) is 4.90 Å². The van der Waals surface area contributed by atoms with E-state index in [4.69, 9.17) is 9.47 Å². The molecule has 1 aromatic carbocycles. The minimum absolute atomic E-state index is 0.163. The first-order chi connectivity index (χ1) is 11.7. The number of likely N-dealkylation sites (tertiary alicyclic amines) is 1. The predicted molar refractivity (Wildman–Crippen MR) is 95.0 cm³/mol. The fourth-order valence-corrected chi connectivity index (χ4v) is 4.14. The van der Waals surface area contributed by atoms with Crippen molar-refractivity contribution in [3.8, 4) is 21.9 Å². The van der Waals surface area contributed by atoms with Gasteiger partial charge in [-0.3, -0.25) is 4.79 Å². The Hall–Kier alpha value is -2.01. The summed E-state index contributed by atoms with van der Waals surface area (Å²) in [4.78, 5) is 16.6. The van der Waals surface area contributed by atoms with Gasteiger partial charge in [0.2, 0.25) is 0 Å². The summed E-state index contributed by atoms with van der Waals surface area (Å²) in [5, 5.41) is 0. The normalized spacial score (nSPS) is 17.8. The highest BCUT2D eigenvalue weighted by molar-refractivity contribution is 7.17. The van der Waals surface area contributed by atoms with Crippen LogP contribution in [0.2, 0.25) is 0 Å². The number of carbonyl (C=O) groups excluding carboxylic acids is 1. The molecule has 0 radical (unpaired) electrons. The van der Waals surface area contributed by atoms with Gasteiger partial charge >= 0.3 is 0 Å². The second kappa shape index (κ2) is 6.48. The molecule has 0 bridgehead atoms. The molecule has 0 N–H and O–H groups in total. The Morgan fingerprint density at radius 2 is 1.83 bits per heavy atom. The molecular weight excluding hydrogens is 322 g/mol. The van der Waals surface area contributed by atoms with Gasteiger partial charge in [0, 0.05) is 18.0 Å². The number of hydrogen-bond acceptors (Lipinski definition) is 4. The van der Waals surface area contributed by atoms with Gasteiger partial charge in [0.1, 0.15) is 13.2 Å². The highest BCUT2D eigenvalue weighted by Gasteiger charge is 2.23. The Kier molecular flexibility index (Phi) is 4.19. The SMILES string of the molecule is CC1CCN(C(=O)c2ccc(-c3ccc4c(c3)OCCO4)s2)CC1. The molecule has 5 heteroatoms. The van der Waals surface area contributed by atoms with E-state index in [0.717, 1.165) is 58.7 Å². The molecule has 2 aliphatic heterocycles. The van der Waals surface area contributed by atoms with Gasteiger partial charge in [0.05, 0.1) is 4.88 Å². The van der Waals surface area contributed by atoms with E-state index in [2.05, 4.69) is 6.92 Å². The molecule has 1 aromatic heterocycles. The van der Waals surface area contributed by atoms with E-state index in [-0.39, 0.29) is 5.91 Å². The number of rotatable bonds is 2. The Labute approximate surface area is 146 Å². The second-order valence-electron chi connectivity index (χ2n) is 6.50. The number of carbonyl (C=O) groups is 1. The lowest BCUT2D eigenvalue weighted by atomic mass is 9.99. The lowest BCUT2D eigenvalue weighted by molar-refractivity contribution is 0.0702. The molecule has 3 heterocycles. The van der Waals surface area contributed by atoms with E-state index in [1.54, 1.807) is 11.3 Å². The van der Waals surface area contributed by atoms with Gasteiger partial charge in [-0.1, -0.05) is 6.92 Å². The molecule has 126 valence electrons. The van der Waals surface area contributed by atoms with Gasteiger partial charge < -0.3 is 14.4 Å². The van der Waals surface area contributed by atoms with E-state index in [1.807, 2.05) is 35.2 Å². The number of nitrogens with zero attached hydrogens (tertiary/aromatic N) is 1. The zero-order valence-electron chi connectivity index (χ0n) is 13.8. The molecule has 1 saturated heterocycles. The summed E-state index contributed by atoms with van der Waals surface area (Å²) in [5.74, 6) is 2.46. The second-order valence-corrected chi connectivity index (χ2v) is 7.58. The van der Waals surface area contributed by atoms with Crippen LogP contribution in [-0.4, -0.2) is 37.1 Å². The van der Waals surface area contributed by atoms with Crippen LogP contribution in [0.3, 0.4) is 0 Å². The summed E-state index contributed by atoms with van der Waals surface area (Å²) < 4.78 is 11.2. The molecule has 0 unspecified atom stereocenters. The molecule has 0 aliphatic carbocycles. The number of piperidine rings is 1. The van der Waals surface area contributed by atoms with Crippen molar-refractivity contribution >= 4 is 17.2 Å². The van der Waals surface area contributed by atoms with Crippen LogP contribution >= 0.6 is 11.3 Å². The molecule has 1 fully saturated rings. The van der Waals surface area contributed by atoms with Crippen LogP contribution in [0.15, 0.2) is 30.3 Å². The lowest BCUT2D eigenvalue weighted by Gasteiger charge is -2.29. The number of amides is 1. The summed E-state index contributed by atoms with van der Waals surface area (Å²) in [6, 6.07) is 9.93. The lowest BCUT2D eigenvalue weighted by Crippen LogP contribution is -2.37. The smallest absolute Gasteiger partial charge is 0.263 e. The first-order valence-corrected chi connectivity index (χ1v) is 9.31. The van der Waals surface area contributed by atoms with E-state index >= 15 is 0 Å². The van der Waals surface area contributed by atoms with Crippen LogP contribution in [-0.2, 0) is 0 Å². The zero-order chi connectivity index (χ0) is 16.5. The fraction of sp³-hybridized carbons (Fsp3) is 0.421. The van der Waals surface area contributed by atoms with Gasteiger partial charge in [-0.25, -0.2) is 0 Å². The number of fused-ring (bicyclic) bond motifs is 1. The van der Waals surface area contributed by atoms with Crippen LogP contribution in [0, 0.1) is 5.92 Å². The molecule has 2 aromatic rings. The Morgan fingerprint density at radius 3 is 2.62 bits per heavy atom. The molecule has 24 heavy (non-hydrogen) atoms. The summed E-state index contributed by atoms with van der Waals surface area (Å²) in [7, 11) is 0. The van der Waals surface area contributed by atoms with E-state index < -0.39 is 0 Å². The number of benzene rings is 1. The third-order valence-corrected chi connectivity index (χ3v) is 5.84. The minimum atomic E-state index is 0.163. The number of thiophene rings is 1. The quantitative estimate of drug-likeness (QED) is 0.825. The summed E-state index contributed by atoms with van der Waals surface area (Å²) in [6.07, 6.45) is 2.21. The van der Waals surface area contributed by atoms with Crippen molar-refractivity contribution < 1.29 is 14.3 Å². The summed E-state index contributed by atoms with van der Waals surface area (Å²) in [5.41, 5.74) is 1.07. The standard InChI is InChI=1S/C19H21NO3S/c1-13-6-8-20(9-7-13)19(21)18-5-4-17(24-18)14-2-3-15-16(12-14)23-11-10-22-15/h2-5,12-13H,6-11H2,1H3. The largest absolute Gasteiger partial charge is 0.486 e. The molecule has 1 amide bonds. The first kappa shape index (κ1) is 15.5. The maximum atomic E-state index is 12.7. The van der Waals surface area contributed by atoms with Crippen LogP contribution in [0.1, 0.15) is 29.4 Å². The Morgan fingerprint density at radius 1 is 1.08 bits per heavy atom. The van der Waals surface area contributed by atoms with E-state index in [9.17, 15) is 4.79 Å². The Balaban J connectivity index is 1.53. The maximum absolute atomic E-state index is 12.7. The molecule has 4 nitrogen and oxygen atoms in total. The topological polar surface area (TPSA) is 38.8 Å². The van der Waals surface area contributed by atoms with Gasteiger partial charge in [-0.15, -0.1) is 11.3 Å². The Bertz CT molecular complexity index is 747. The average molecular weight is 343 g/mol. The van der Waals surface area contributed by atoms with Crippen molar-refractivity contribution in [3.63, 3.8) is 0 Å². The third-order valence-electron chi connectivity index (χ3n) is 4.71. The van der Waals surface area contributed by atoms with Crippen molar-refractivity contribution in [3.05, 3.63) is 35.2 Å². The zero-order valence-corrected chi connectivity index (χ0v) is 14.6. The first-order valence-electron chi connectivity index (χ1n) is 8.50. The average Bonchev–Trinajstić information content (AvgIpc) is 3.11. The third kappa shape index (κ3) is 3.00. The van der Waals surface area contributed by atoms with Gasteiger partial charge in [0.25, 0.3) is 5.91 Å². The van der Waals surface area contributed by atoms with Crippen LogP contribution < -0.4 is 9.47 Å². The van der Waals surface area contributed by atoms with Gasteiger partial charge in [-0.05, 0) is 54.7 Å². The molecular formula is C19H21NO3S. The van der Waals surface area contributed by atoms with Crippen molar-refractivity contribution in [2.24, 2.45) is 5.92 Å². The highest BCUT2D eigenvalue weighted by atomic mass is 32.1. The predicted octanol–water partition coefficient (Wildman–Crippen LogP) is 4.06.